The molecule has 0 aliphatic carbocycles. The Balaban J connectivity index is 1.86. The average molecular weight is 297 g/mol. The fraction of sp³-hybridized carbons (Fsp3) is 0.600. The maximum absolute atomic E-state index is 6.21. The molecule has 20 heavy (non-hydrogen) atoms. The molecular formula is C15H21ClN2O2. The van der Waals surface area contributed by atoms with Gasteiger partial charge in [-0.15, -0.1) is 0 Å². The molecule has 0 amide bonds. The number of hydrogen-bond acceptors (Lipinski definition) is 4. The number of fused-ring (bicyclic) bond motifs is 1. The van der Waals surface area contributed by atoms with Crippen molar-refractivity contribution in [3.05, 3.63) is 28.3 Å². The first kappa shape index (κ1) is 14.1. The van der Waals surface area contributed by atoms with Crippen molar-refractivity contribution in [2.45, 2.75) is 44.2 Å². The highest BCUT2D eigenvalue weighted by molar-refractivity contribution is 6.30. The minimum absolute atomic E-state index is 0.0526. The summed E-state index contributed by atoms with van der Waals surface area (Å²) in [6.07, 6.45) is 3.79. The molecule has 0 saturated carbocycles. The van der Waals surface area contributed by atoms with Crippen molar-refractivity contribution >= 4 is 11.6 Å². The molecule has 4 nitrogen and oxygen atoms in total. The Labute approximate surface area is 124 Å². The highest BCUT2D eigenvalue weighted by Crippen LogP contribution is 2.36. The van der Waals surface area contributed by atoms with Gasteiger partial charge in [0.2, 0.25) is 0 Å². The number of nitrogens with two attached hydrogens (primary N) is 1. The lowest BCUT2D eigenvalue weighted by molar-refractivity contribution is -0.0116. The van der Waals surface area contributed by atoms with Gasteiger partial charge in [-0.3, -0.25) is 11.3 Å². The molecular weight excluding hydrogens is 276 g/mol. The van der Waals surface area contributed by atoms with E-state index in [0.717, 1.165) is 55.2 Å². The zero-order valence-corrected chi connectivity index (χ0v) is 12.5. The second kappa shape index (κ2) is 5.53. The number of ether oxygens (including phenoxy) is 2. The van der Waals surface area contributed by atoms with Crippen LogP contribution >= 0.6 is 11.6 Å². The molecule has 1 aromatic carbocycles. The van der Waals surface area contributed by atoms with Gasteiger partial charge in [0.15, 0.2) is 0 Å². The molecule has 0 spiro atoms. The lowest BCUT2D eigenvalue weighted by Crippen LogP contribution is -2.52. The van der Waals surface area contributed by atoms with Crippen molar-refractivity contribution in [1.29, 1.82) is 0 Å². The van der Waals surface area contributed by atoms with E-state index in [2.05, 4.69) is 12.3 Å². The van der Waals surface area contributed by atoms with Crippen molar-refractivity contribution in [3.8, 4) is 5.75 Å². The molecule has 5 heteroatoms. The van der Waals surface area contributed by atoms with Crippen LogP contribution in [0.3, 0.4) is 0 Å². The zero-order valence-electron chi connectivity index (χ0n) is 11.7. The van der Waals surface area contributed by atoms with Crippen LogP contribution in [0.25, 0.3) is 0 Å². The van der Waals surface area contributed by atoms with E-state index in [-0.39, 0.29) is 11.6 Å². The molecule has 0 bridgehead atoms. The lowest BCUT2D eigenvalue weighted by Gasteiger charge is -2.33. The standard InChI is InChI=1S/C15H21ClN2O2/c1-15(4-2-5-20-15)13(18-17)9-11-8-12(16)7-10-3-6-19-14(10)11/h7-8,13,18H,2-6,9,17H2,1H3. The van der Waals surface area contributed by atoms with Gasteiger partial charge in [0.1, 0.15) is 5.75 Å². The molecule has 110 valence electrons. The topological polar surface area (TPSA) is 56.5 Å². The largest absolute Gasteiger partial charge is 0.493 e. The van der Waals surface area contributed by atoms with E-state index < -0.39 is 0 Å². The molecule has 2 aliphatic heterocycles. The van der Waals surface area contributed by atoms with Crippen molar-refractivity contribution in [2.75, 3.05) is 13.2 Å². The first-order valence-electron chi connectivity index (χ1n) is 7.16. The summed E-state index contributed by atoms with van der Waals surface area (Å²) in [6.45, 7) is 3.66. The number of nitrogens with one attached hydrogen (secondary N) is 1. The maximum Gasteiger partial charge on any atom is 0.125 e. The Hall–Kier alpha value is -0.810. The minimum Gasteiger partial charge on any atom is -0.493 e. The van der Waals surface area contributed by atoms with Crippen molar-refractivity contribution in [3.63, 3.8) is 0 Å². The summed E-state index contributed by atoms with van der Waals surface area (Å²) in [4.78, 5) is 0. The summed E-state index contributed by atoms with van der Waals surface area (Å²) in [5.74, 6) is 6.75. The number of rotatable bonds is 4. The molecule has 0 radical (unpaired) electrons. The zero-order chi connectivity index (χ0) is 14.2. The fourth-order valence-corrected chi connectivity index (χ4v) is 3.51. The van der Waals surface area contributed by atoms with Crippen molar-refractivity contribution in [1.82, 2.24) is 5.43 Å². The van der Waals surface area contributed by atoms with E-state index in [1.165, 1.54) is 5.56 Å². The van der Waals surface area contributed by atoms with Crippen molar-refractivity contribution < 1.29 is 9.47 Å². The average Bonchev–Trinajstić information content (AvgIpc) is 3.04. The Bertz CT molecular complexity index is 501. The van der Waals surface area contributed by atoms with Crippen LogP contribution in [0, 0.1) is 0 Å². The third-order valence-electron chi connectivity index (χ3n) is 4.44. The fourth-order valence-electron chi connectivity index (χ4n) is 3.24. The number of benzene rings is 1. The normalized spacial score (nSPS) is 26.4. The van der Waals surface area contributed by atoms with E-state index >= 15 is 0 Å². The van der Waals surface area contributed by atoms with Gasteiger partial charge in [-0.25, -0.2) is 0 Å². The van der Waals surface area contributed by atoms with Gasteiger partial charge in [0.25, 0.3) is 0 Å². The van der Waals surface area contributed by atoms with Gasteiger partial charge >= 0.3 is 0 Å². The summed E-state index contributed by atoms with van der Waals surface area (Å²) >= 11 is 6.21. The first-order valence-corrected chi connectivity index (χ1v) is 7.54. The summed E-state index contributed by atoms with van der Waals surface area (Å²) in [5.41, 5.74) is 5.01. The number of halogens is 1. The van der Waals surface area contributed by atoms with Crippen LogP contribution in [-0.2, 0) is 17.6 Å². The molecule has 1 aromatic rings. The molecule has 1 saturated heterocycles. The Morgan fingerprint density at radius 3 is 3.00 bits per heavy atom. The predicted molar refractivity (Wildman–Crippen MR) is 79.1 cm³/mol. The highest BCUT2D eigenvalue weighted by Gasteiger charge is 2.38. The van der Waals surface area contributed by atoms with E-state index in [9.17, 15) is 0 Å². The molecule has 2 aliphatic rings. The predicted octanol–water partition coefficient (Wildman–Crippen LogP) is 2.22. The summed E-state index contributed by atoms with van der Waals surface area (Å²) in [6, 6.07) is 4.03. The quantitative estimate of drug-likeness (QED) is 0.661. The van der Waals surface area contributed by atoms with Crippen LogP contribution in [0.15, 0.2) is 12.1 Å². The Morgan fingerprint density at radius 1 is 1.45 bits per heavy atom. The van der Waals surface area contributed by atoms with Crippen LogP contribution in [0.2, 0.25) is 5.02 Å². The van der Waals surface area contributed by atoms with E-state index in [1.54, 1.807) is 0 Å². The number of hydrogen-bond donors (Lipinski definition) is 2. The molecule has 2 unspecified atom stereocenters. The van der Waals surface area contributed by atoms with Crippen molar-refractivity contribution in [2.24, 2.45) is 5.84 Å². The lowest BCUT2D eigenvalue weighted by atomic mass is 9.88. The molecule has 2 atom stereocenters. The molecule has 1 fully saturated rings. The third-order valence-corrected chi connectivity index (χ3v) is 4.66. The third kappa shape index (κ3) is 2.53. The number of hydrazine groups is 1. The molecule has 0 aromatic heterocycles. The van der Waals surface area contributed by atoms with Gasteiger partial charge in [0.05, 0.1) is 18.2 Å². The smallest absolute Gasteiger partial charge is 0.125 e. The molecule has 3 N–H and O–H groups in total. The van der Waals surface area contributed by atoms with Crippen LogP contribution in [0.5, 0.6) is 5.75 Å². The SMILES string of the molecule is CC1(C(Cc2cc(Cl)cc3c2OCC3)NN)CCCO1. The van der Waals surface area contributed by atoms with Crippen LogP contribution in [0.1, 0.15) is 30.9 Å². The second-order valence-corrected chi connectivity index (χ2v) is 6.28. The van der Waals surface area contributed by atoms with Gasteiger partial charge in [-0.1, -0.05) is 11.6 Å². The van der Waals surface area contributed by atoms with Crippen LogP contribution in [0.4, 0.5) is 0 Å². The van der Waals surface area contributed by atoms with E-state index in [1.807, 2.05) is 12.1 Å². The van der Waals surface area contributed by atoms with Crippen LogP contribution < -0.4 is 16.0 Å². The van der Waals surface area contributed by atoms with Gasteiger partial charge in [-0.05, 0) is 49.4 Å². The Kier molecular flexibility index (Phi) is 3.91. The van der Waals surface area contributed by atoms with E-state index in [4.69, 9.17) is 26.9 Å². The summed E-state index contributed by atoms with van der Waals surface area (Å²) < 4.78 is 11.7. The molecule has 2 heterocycles. The highest BCUT2D eigenvalue weighted by atomic mass is 35.5. The first-order chi connectivity index (χ1) is 9.62. The van der Waals surface area contributed by atoms with Gasteiger partial charge in [-0.2, -0.15) is 0 Å². The van der Waals surface area contributed by atoms with Gasteiger partial charge in [0, 0.05) is 18.1 Å². The monoisotopic (exact) mass is 296 g/mol. The second-order valence-electron chi connectivity index (χ2n) is 5.84. The summed E-state index contributed by atoms with van der Waals surface area (Å²) in [7, 11) is 0. The maximum atomic E-state index is 6.21. The summed E-state index contributed by atoms with van der Waals surface area (Å²) in [5, 5.41) is 0.762. The molecule has 3 rings (SSSR count). The Morgan fingerprint density at radius 2 is 2.30 bits per heavy atom. The minimum atomic E-state index is -0.220. The van der Waals surface area contributed by atoms with Gasteiger partial charge < -0.3 is 9.47 Å². The van der Waals surface area contributed by atoms with Crippen LogP contribution in [-0.4, -0.2) is 24.9 Å². The van der Waals surface area contributed by atoms with E-state index in [0.29, 0.717) is 0 Å².